The van der Waals surface area contributed by atoms with Gasteiger partial charge in [-0.3, -0.25) is 47.9 Å². The Labute approximate surface area is 469 Å². The van der Waals surface area contributed by atoms with Gasteiger partial charge in [0.1, 0.15) is 54.4 Å². The summed E-state index contributed by atoms with van der Waals surface area (Å²) in [7, 11) is 0. The number of likely N-dealkylation sites (N-methyl/N-ethyl adjacent to an activating group) is 1. The highest BCUT2D eigenvalue weighted by molar-refractivity contribution is 5.98. The minimum absolute atomic E-state index is 0.00103. The molecule has 80 heavy (non-hydrogen) atoms. The molecule has 3 unspecified atom stereocenters. The highest BCUT2D eigenvalue weighted by Gasteiger charge is 2.36. The number of hydrogen-bond donors (Lipinski definition) is 17. The van der Waals surface area contributed by atoms with Crippen LogP contribution in [0.4, 0.5) is 0 Å². The van der Waals surface area contributed by atoms with Gasteiger partial charge in [0.2, 0.25) is 59.1 Å². The maximum atomic E-state index is 14.4. The summed E-state index contributed by atoms with van der Waals surface area (Å²) in [6.45, 7) is 10.4. The van der Waals surface area contributed by atoms with Crippen LogP contribution in [0.15, 0.2) is 30.3 Å². The minimum atomic E-state index is -1.40. The lowest BCUT2D eigenvalue weighted by Crippen LogP contribution is -2.61. The maximum absolute atomic E-state index is 14.4. The molecule has 27 heteroatoms. The molecule has 0 aliphatic carbocycles. The molecular weight excluding hydrogens is 1040 g/mol. The van der Waals surface area contributed by atoms with E-state index in [1.165, 1.54) is 20.8 Å². The molecule has 1 heterocycles. The normalized spacial score (nSPS) is 17.4. The molecule has 1 aromatic carbocycles. The molecule has 10 amide bonds. The Morgan fingerprint density at radius 3 is 1.46 bits per heavy atom. The van der Waals surface area contributed by atoms with Crippen molar-refractivity contribution in [1.29, 1.82) is 0 Å². The number of carbonyl (C=O) groups excluding carboxylic acids is 10. The number of nitrogens with two attached hydrogens (primary N) is 4. The molecule has 452 valence electrons. The van der Waals surface area contributed by atoms with Gasteiger partial charge in [-0.25, -0.2) is 0 Å². The first-order valence-corrected chi connectivity index (χ1v) is 27.9. The van der Waals surface area contributed by atoms with Crippen LogP contribution in [-0.4, -0.2) is 181 Å². The molecule has 1 aromatic rings. The zero-order valence-electron chi connectivity index (χ0n) is 47.4. The van der Waals surface area contributed by atoms with Crippen molar-refractivity contribution in [3.8, 4) is 0 Å². The molecule has 0 aromatic heterocycles. The number of amides is 10. The second-order valence-corrected chi connectivity index (χ2v) is 20.7. The second kappa shape index (κ2) is 37.6. The van der Waals surface area contributed by atoms with Crippen LogP contribution in [0.3, 0.4) is 0 Å². The van der Waals surface area contributed by atoms with E-state index in [2.05, 4.69) is 58.5 Å². The Kier molecular flexibility index (Phi) is 32.7. The van der Waals surface area contributed by atoms with Crippen molar-refractivity contribution in [2.75, 3.05) is 39.3 Å². The minimum Gasteiger partial charge on any atom is -0.391 e. The number of piperidine rings is 1. The van der Waals surface area contributed by atoms with Crippen molar-refractivity contribution in [1.82, 2.24) is 58.5 Å². The average Bonchev–Trinajstić information content (AvgIpc) is 3.41. The van der Waals surface area contributed by atoms with Crippen LogP contribution in [0, 0.1) is 5.92 Å². The van der Waals surface area contributed by atoms with E-state index in [0.29, 0.717) is 5.56 Å². The maximum Gasteiger partial charge on any atom is 0.245 e. The number of aliphatic hydroxyl groups is 2. The molecule has 1 fully saturated rings. The summed E-state index contributed by atoms with van der Waals surface area (Å²) in [6.07, 6.45) is 0.531. The zero-order chi connectivity index (χ0) is 59.9. The fourth-order valence-corrected chi connectivity index (χ4v) is 8.74. The van der Waals surface area contributed by atoms with E-state index in [9.17, 15) is 58.2 Å². The van der Waals surface area contributed by atoms with Crippen molar-refractivity contribution in [3.63, 3.8) is 0 Å². The highest BCUT2D eigenvalue weighted by atomic mass is 16.3. The van der Waals surface area contributed by atoms with Gasteiger partial charge < -0.3 is 91.6 Å². The van der Waals surface area contributed by atoms with Gasteiger partial charge >= 0.3 is 0 Å². The molecule has 1 saturated heterocycles. The quantitative estimate of drug-likeness (QED) is 0.0298. The third kappa shape index (κ3) is 25.4. The van der Waals surface area contributed by atoms with Crippen LogP contribution < -0.4 is 81.4 Å². The van der Waals surface area contributed by atoms with Gasteiger partial charge in [-0.05, 0) is 130 Å². The number of nitrogens with one attached hydrogen (secondary N) is 11. The molecule has 0 bridgehead atoms. The molecule has 21 N–H and O–H groups in total. The summed E-state index contributed by atoms with van der Waals surface area (Å²) in [5.41, 5.74) is 23.8. The fourth-order valence-electron chi connectivity index (χ4n) is 8.74. The highest BCUT2D eigenvalue weighted by Crippen LogP contribution is 2.13. The van der Waals surface area contributed by atoms with Gasteiger partial charge in [-0.2, -0.15) is 0 Å². The van der Waals surface area contributed by atoms with Crippen molar-refractivity contribution >= 4 is 59.1 Å². The topological polar surface area (TPSA) is 448 Å². The largest absolute Gasteiger partial charge is 0.391 e. The number of hydrogen-bond acceptors (Lipinski definition) is 17. The Balaban J connectivity index is 2.33. The van der Waals surface area contributed by atoms with Crippen LogP contribution in [0.2, 0.25) is 0 Å². The molecule has 1 aliphatic heterocycles. The third-order valence-corrected chi connectivity index (χ3v) is 13.2. The fraction of sp³-hybridized carbons (Fsp3) is 0.698. The summed E-state index contributed by atoms with van der Waals surface area (Å²) in [6, 6.07) is -3.27. The Morgan fingerprint density at radius 2 is 0.975 bits per heavy atom. The number of rotatable bonds is 37. The van der Waals surface area contributed by atoms with Gasteiger partial charge in [0.25, 0.3) is 0 Å². The van der Waals surface area contributed by atoms with Crippen molar-refractivity contribution in [2.24, 2.45) is 28.9 Å². The lowest BCUT2D eigenvalue weighted by Gasteiger charge is -2.28. The van der Waals surface area contributed by atoms with E-state index in [4.69, 9.17) is 22.9 Å². The first-order chi connectivity index (χ1) is 38.0. The number of benzene rings is 1. The molecule has 2 rings (SSSR count). The Morgan fingerprint density at radius 1 is 0.525 bits per heavy atom. The SMILES string of the molecule is CCNC(=O)[C@@H](NC(=O)[C@H](CCN)NC(=O)[C@H](CCN)NC(=O)[C@H](CC(C)C)NC(=O)[C@@H](Cc1ccccc1)NC(=O)[C@H](CCCN)NC(=O)[C@H](C)NC(=O)[C@H](CCCN)NC(=O)[C@@H](NC(=O)CC1CCCCN1)C(C)O)C(C)O. The van der Waals surface area contributed by atoms with E-state index >= 15 is 0 Å². The summed E-state index contributed by atoms with van der Waals surface area (Å²) in [4.78, 5) is 137. The Bertz CT molecular complexity index is 2130. The van der Waals surface area contributed by atoms with Crippen LogP contribution in [0.1, 0.15) is 118 Å². The number of carbonyl (C=O) groups is 10. The number of aliphatic hydroxyl groups excluding tert-OH is 2. The van der Waals surface area contributed by atoms with Crippen molar-refractivity contribution in [2.45, 2.75) is 191 Å². The lowest BCUT2D eigenvalue weighted by molar-refractivity contribution is -0.136. The van der Waals surface area contributed by atoms with Crippen molar-refractivity contribution in [3.05, 3.63) is 35.9 Å². The van der Waals surface area contributed by atoms with Crippen LogP contribution in [0.25, 0.3) is 0 Å². The molecule has 0 radical (unpaired) electrons. The summed E-state index contributed by atoms with van der Waals surface area (Å²) < 4.78 is 0. The van der Waals surface area contributed by atoms with Gasteiger partial charge in [-0.15, -0.1) is 0 Å². The lowest BCUT2D eigenvalue weighted by atomic mass is 10.00. The van der Waals surface area contributed by atoms with Gasteiger partial charge in [-0.1, -0.05) is 50.6 Å². The summed E-state index contributed by atoms with van der Waals surface area (Å²) >= 11 is 0. The molecule has 0 saturated carbocycles. The summed E-state index contributed by atoms with van der Waals surface area (Å²) in [5.74, 6) is -7.76. The first kappa shape index (κ1) is 69.7. The molecule has 0 spiro atoms. The molecular formula is C53H93N15O12. The van der Waals surface area contributed by atoms with Gasteiger partial charge in [0, 0.05) is 25.4 Å². The zero-order valence-corrected chi connectivity index (χ0v) is 47.4. The molecule has 1 aliphatic rings. The third-order valence-electron chi connectivity index (χ3n) is 13.2. The van der Waals surface area contributed by atoms with E-state index in [1.807, 2.05) is 0 Å². The van der Waals surface area contributed by atoms with Crippen LogP contribution in [0.5, 0.6) is 0 Å². The second-order valence-electron chi connectivity index (χ2n) is 20.7. The van der Waals surface area contributed by atoms with E-state index in [1.54, 1.807) is 51.1 Å². The summed E-state index contributed by atoms with van der Waals surface area (Å²) in [5, 5.41) is 49.9. The van der Waals surface area contributed by atoms with Crippen LogP contribution >= 0.6 is 0 Å². The predicted octanol–water partition coefficient (Wildman–Crippen LogP) is -4.74. The van der Waals surface area contributed by atoms with E-state index in [-0.39, 0.29) is 102 Å². The molecule has 27 nitrogen and oxygen atoms in total. The monoisotopic (exact) mass is 1130 g/mol. The van der Waals surface area contributed by atoms with Gasteiger partial charge in [0.05, 0.1) is 12.2 Å². The standard InChI is InChI=1S/C53H93N15O12/c1-7-58-52(79)43(32(5)69)68-49(76)39(21-25-57)62-48(75)38(20-24-56)63-50(77)40(27-30(2)3)65-51(78)41(28-34-15-9-8-10-16-34)66-47(74)37(19-14-23-55)61-45(72)31(4)60-46(73)36(18-13-22-54)64-53(80)44(33(6)70)67-42(71)29-35-17-11-12-26-59-35/h8-10,15-16,30-33,35-41,43-44,59,69-70H,7,11-14,17-29,54-57H2,1-6H3,(H,58,79)(H,60,73)(H,61,72)(H,62,75)(H,63,77)(H,64,80)(H,65,78)(H,66,74)(H,67,71)(H,68,76)/t31-,32?,33?,35?,36-,37-,38-,39-,40-,41+,43-,44-/m0/s1. The van der Waals surface area contributed by atoms with E-state index < -0.39 is 126 Å². The predicted molar refractivity (Wildman–Crippen MR) is 299 cm³/mol. The van der Waals surface area contributed by atoms with E-state index in [0.717, 1.165) is 25.8 Å². The van der Waals surface area contributed by atoms with Gasteiger partial charge in [0.15, 0.2) is 0 Å². The Hall–Kier alpha value is -6.36. The van der Waals surface area contributed by atoms with Crippen LogP contribution in [-0.2, 0) is 54.4 Å². The smallest absolute Gasteiger partial charge is 0.245 e. The average molecular weight is 1130 g/mol. The van der Waals surface area contributed by atoms with Crippen molar-refractivity contribution < 1.29 is 58.2 Å². The molecule has 12 atom stereocenters. The first-order valence-electron chi connectivity index (χ1n) is 27.9.